The summed E-state index contributed by atoms with van der Waals surface area (Å²) in [5, 5.41) is 7.71. The minimum atomic E-state index is -0.759. The van der Waals surface area contributed by atoms with Gasteiger partial charge in [0.15, 0.2) is 0 Å². The summed E-state index contributed by atoms with van der Waals surface area (Å²) in [6, 6.07) is 0. The van der Waals surface area contributed by atoms with Crippen LogP contribution in [0.1, 0.15) is 0 Å². The maximum atomic E-state index is 9.36. The fourth-order valence-electron chi connectivity index (χ4n) is 0. The van der Waals surface area contributed by atoms with Crippen LogP contribution in [-0.2, 0) is 4.79 Å². The van der Waals surface area contributed by atoms with Crippen molar-refractivity contribution in [3.05, 3.63) is 0 Å². The van der Waals surface area contributed by atoms with Crippen LogP contribution in [-0.4, -0.2) is 35.3 Å². The normalized spacial score (nSPS) is 6.17. The summed E-state index contributed by atoms with van der Waals surface area (Å²) in [5.41, 5.74) is 0. The summed E-state index contributed by atoms with van der Waals surface area (Å²) in [7, 11) is 0. The van der Waals surface area contributed by atoms with Gasteiger partial charge in [-0.05, 0) is 0 Å². The van der Waals surface area contributed by atoms with Gasteiger partial charge in [0.05, 0.1) is 4.43 Å². The van der Waals surface area contributed by atoms with Crippen LogP contribution >= 0.6 is 22.6 Å². The topological polar surface area (TPSA) is 37.3 Å². The molecule has 0 rings (SSSR count). The molecule has 0 aromatic heterocycles. The summed E-state index contributed by atoms with van der Waals surface area (Å²) >= 11 is 1.78. The second-order valence-electron chi connectivity index (χ2n) is 0.527. The van der Waals surface area contributed by atoms with E-state index < -0.39 is 5.97 Å². The molecule has 0 aliphatic carbocycles. The van der Waals surface area contributed by atoms with Crippen LogP contribution in [0.25, 0.3) is 0 Å². The fourth-order valence-corrected chi connectivity index (χ4v) is 0. The monoisotopic (exact) mass is 258 g/mol. The standard InChI is InChI=1S/C2H3IO2.Ga.3H/c3-1-2(4)5;;;;/h1H2,(H,4,5);;;;. The van der Waals surface area contributed by atoms with Crippen LogP contribution < -0.4 is 0 Å². The Morgan fingerprint density at radius 3 is 2.00 bits per heavy atom. The van der Waals surface area contributed by atoms with Crippen molar-refractivity contribution in [1.82, 2.24) is 0 Å². The van der Waals surface area contributed by atoms with Gasteiger partial charge in [-0.2, -0.15) is 0 Å². The van der Waals surface area contributed by atoms with Gasteiger partial charge in [0.25, 0.3) is 0 Å². The Morgan fingerprint density at radius 2 is 2.00 bits per heavy atom. The Labute approximate surface area is 62.5 Å². The van der Waals surface area contributed by atoms with E-state index in [1.165, 1.54) is 0 Å². The molecule has 1 N–H and O–H groups in total. The number of hydrogen-bond donors (Lipinski definition) is 1. The number of carbonyl (C=O) groups is 1. The second kappa shape index (κ2) is 5.84. The molecule has 6 heavy (non-hydrogen) atoms. The minimum absolute atomic E-state index is 0. The number of carboxylic acids is 1. The van der Waals surface area contributed by atoms with E-state index in [4.69, 9.17) is 5.11 Å². The van der Waals surface area contributed by atoms with E-state index in [0.29, 0.717) is 0 Å². The summed E-state index contributed by atoms with van der Waals surface area (Å²) in [5.74, 6) is -0.759. The predicted octanol–water partition coefficient (Wildman–Crippen LogP) is -0.678. The average Bonchev–Trinajstić information content (AvgIpc) is 1.38. The van der Waals surface area contributed by atoms with Crippen LogP contribution in [0.2, 0.25) is 0 Å². The van der Waals surface area contributed by atoms with Gasteiger partial charge in [-0.1, -0.05) is 22.6 Å². The van der Waals surface area contributed by atoms with Gasteiger partial charge in [-0.15, -0.1) is 0 Å². The summed E-state index contributed by atoms with van der Waals surface area (Å²) in [4.78, 5) is 9.36. The summed E-state index contributed by atoms with van der Waals surface area (Å²) < 4.78 is 0.192. The van der Waals surface area contributed by atoms with Crippen molar-refractivity contribution in [2.24, 2.45) is 0 Å². The van der Waals surface area contributed by atoms with Crippen molar-refractivity contribution in [2.45, 2.75) is 0 Å². The third kappa shape index (κ3) is 8.85. The van der Waals surface area contributed by atoms with Gasteiger partial charge in [-0.3, -0.25) is 4.79 Å². The zero-order valence-corrected chi connectivity index (χ0v) is 4.60. The molecule has 0 aliphatic rings. The van der Waals surface area contributed by atoms with E-state index in [0.717, 1.165) is 0 Å². The van der Waals surface area contributed by atoms with Gasteiger partial charge in [0.1, 0.15) is 0 Å². The van der Waals surface area contributed by atoms with Crippen molar-refractivity contribution in [3.63, 3.8) is 0 Å². The van der Waals surface area contributed by atoms with Gasteiger partial charge in [-0.25, -0.2) is 0 Å². The Kier molecular flexibility index (Phi) is 9.68. The molecular weight excluding hydrogens is 253 g/mol. The first kappa shape index (κ1) is 9.96. The third-order valence-corrected chi connectivity index (χ3v) is 0.767. The summed E-state index contributed by atoms with van der Waals surface area (Å²) in [6.07, 6.45) is 0. The zero-order chi connectivity index (χ0) is 4.28. The van der Waals surface area contributed by atoms with Crippen molar-refractivity contribution >= 4 is 48.4 Å². The molecule has 0 amide bonds. The molecule has 0 radical (unpaired) electrons. The Morgan fingerprint density at radius 1 is 1.83 bits per heavy atom. The van der Waals surface area contributed by atoms with Crippen LogP contribution in [0.15, 0.2) is 0 Å². The number of alkyl halides is 1. The molecule has 0 saturated carbocycles. The van der Waals surface area contributed by atoms with Gasteiger partial charge in [0, 0.05) is 0 Å². The first-order chi connectivity index (χ1) is 2.27. The predicted molar refractivity (Wildman–Crippen MR) is 36.5 cm³/mol. The molecule has 0 spiro atoms. The number of halogens is 1. The van der Waals surface area contributed by atoms with Crippen molar-refractivity contribution < 1.29 is 9.90 Å². The van der Waals surface area contributed by atoms with Gasteiger partial charge in [0.2, 0.25) is 0 Å². The molecule has 0 atom stereocenters. The van der Waals surface area contributed by atoms with E-state index in [9.17, 15) is 4.79 Å². The van der Waals surface area contributed by atoms with E-state index in [2.05, 4.69) is 0 Å². The Hall–Kier alpha value is 0.836. The van der Waals surface area contributed by atoms with E-state index in [-0.39, 0.29) is 24.2 Å². The molecule has 4 heteroatoms. The van der Waals surface area contributed by atoms with Crippen LogP contribution in [0.5, 0.6) is 0 Å². The quantitative estimate of drug-likeness (QED) is 0.385. The molecule has 36 valence electrons. The van der Waals surface area contributed by atoms with E-state index >= 15 is 0 Å². The molecular formula is C2H6GaIO2. The van der Waals surface area contributed by atoms with Crippen molar-refractivity contribution in [3.8, 4) is 0 Å². The molecule has 0 bridgehead atoms. The second-order valence-corrected chi connectivity index (χ2v) is 1.29. The van der Waals surface area contributed by atoms with E-state index in [1.54, 1.807) is 22.6 Å². The van der Waals surface area contributed by atoms with Gasteiger partial charge < -0.3 is 5.11 Å². The molecule has 0 aliphatic heterocycles. The molecule has 0 aromatic carbocycles. The number of rotatable bonds is 1. The number of aliphatic carboxylic acids is 1. The van der Waals surface area contributed by atoms with Crippen LogP contribution in [0, 0.1) is 0 Å². The van der Waals surface area contributed by atoms with E-state index in [1.807, 2.05) is 0 Å². The molecule has 0 aromatic rings. The Bertz CT molecular complexity index is 46.8. The first-order valence-electron chi connectivity index (χ1n) is 1.05. The zero-order valence-electron chi connectivity index (χ0n) is 2.44. The van der Waals surface area contributed by atoms with Crippen LogP contribution in [0.3, 0.4) is 0 Å². The number of hydrogen-bond acceptors (Lipinski definition) is 1. The molecule has 0 heterocycles. The third-order valence-electron chi connectivity index (χ3n) is 0.114. The fraction of sp³-hybridized carbons (Fsp3) is 0.500. The van der Waals surface area contributed by atoms with Crippen molar-refractivity contribution in [1.29, 1.82) is 0 Å². The first-order valence-corrected chi connectivity index (χ1v) is 2.57. The number of carboxylic acid groups (broad SMARTS) is 1. The molecule has 0 fully saturated rings. The maximum absolute atomic E-state index is 9.36. The SMILES string of the molecule is O=C(O)CI.[GaH3]. The molecule has 2 nitrogen and oxygen atoms in total. The van der Waals surface area contributed by atoms with Crippen LogP contribution in [0.4, 0.5) is 0 Å². The molecule has 0 saturated heterocycles. The van der Waals surface area contributed by atoms with Gasteiger partial charge >= 0.3 is 25.8 Å². The molecule has 0 unspecified atom stereocenters. The Balaban J connectivity index is 0. The van der Waals surface area contributed by atoms with Crippen molar-refractivity contribution in [2.75, 3.05) is 4.43 Å². The summed E-state index contributed by atoms with van der Waals surface area (Å²) in [6.45, 7) is 0. The average molecular weight is 259 g/mol.